The van der Waals surface area contributed by atoms with Crippen LogP contribution in [0.25, 0.3) is 11.0 Å². The third-order valence-corrected chi connectivity index (χ3v) is 5.01. The topological polar surface area (TPSA) is 169 Å². The molecule has 0 bridgehead atoms. The average Bonchev–Trinajstić information content (AvgIpc) is 2.85. The van der Waals surface area contributed by atoms with E-state index in [0.717, 1.165) is 0 Å². The first-order valence-corrected chi connectivity index (χ1v) is 12.0. The van der Waals surface area contributed by atoms with Crippen molar-refractivity contribution in [2.75, 3.05) is 13.1 Å². The van der Waals surface area contributed by atoms with Crippen molar-refractivity contribution in [3.63, 3.8) is 0 Å². The number of ether oxygens (including phenoxy) is 2. The van der Waals surface area contributed by atoms with E-state index in [1.165, 1.54) is 12.1 Å². The van der Waals surface area contributed by atoms with Crippen molar-refractivity contribution in [2.45, 2.75) is 20.5 Å². The second kappa shape index (κ2) is 12.7. The van der Waals surface area contributed by atoms with Gasteiger partial charge in [-0.05, 0) is 29.8 Å². The summed E-state index contributed by atoms with van der Waals surface area (Å²) in [5, 5.41) is 5.30. The number of aromatic nitrogens is 2. The molecule has 1 heterocycles. The summed E-state index contributed by atoms with van der Waals surface area (Å²) in [7, 11) is -2.53. The number of carbonyl (C=O) groups excluding carboxylic acids is 3. The molecule has 2 amide bonds. The maximum Gasteiger partial charge on any atom is 0.515 e. The Morgan fingerprint density at radius 1 is 0.944 bits per heavy atom. The van der Waals surface area contributed by atoms with Crippen LogP contribution in [0.4, 0.5) is 4.79 Å². The molecule has 0 spiro atoms. The number of para-hydroxylation sites is 2. The van der Waals surface area contributed by atoms with Crippen LogP contribution in [0, 0.1) is 5.92 Å². The Morgan fingerprint density at radius 2 is 1.58 bits per heavy atom. The van der Waals surface area contributed by atoms with Crippen LogP contribution in [-0.2, 0) is 16.1 Å². The van der Waals surface area contributed by atoms with Crippen molar-refractivity contribution in [3.05, 3.63) is 59.8 Å². The molecule has 3 rings (SSSR count). The molecule has 2 aromatic carbocycles. The first kappa shape index (κ1) is 26.7. The van der Waals surface area contributed by atoms with Gasteiger partial charge in [-0.3, -0.25) is 9.59 Å². The fourth-order valence-corrected chi connectivity index (χ4v) is 3.15. The molecule has 0 aliphatic heterocycles. The second-order valence-corrected chi connectivity index (χ2v) is 8.38. The molecule has 36 heavy (non-hydrogen) atoms. The number of nitrogens with one attached hydrogen (secondary N) is 2. The lowest BCUT2D eigenvalue weighted by Crippen LogP contribution is -2.36. The number of fused-ring (bicyclic) bond motifs is 1. The Balaban J connectivity index is 1.65. The predicted octanol–water partition coefficient (Wildman–Crippen LogP) is 2.44. The van der Waals surface area contributed by atoms with E-state index in [-0.39, 0.29) is 48.8 Å². The van der Waals surface area contributed by atoms with Gasteiger partial charge in [0.25, 0.3) is 11.8 Å². The zero-order valence-electron chi connectivity index (χ0n) is 19.5. The number of carbonyl (C=O) groups is 3. The summed E-state index contributed by atoms with van der Waals surface area (Å²) in [4.78, 5) is 63.0. The van der Waals surface area contributed by atoms with E-state index in [9.17, 15) is 14.4 Å². The highest BCUT2D eigenvalue weighted by Crippen LogP contribution is 2.28. The zero-order chi connectivity index (χ0) is 26.1. The number of hydrogen-bond donors (Lipinski definition) is 4. The van der Waals surface area contributed by atoms with Gasteiger partial charge in [0.1, 0.15) is 12.4 Å². The first-order chi connectivity index (χ1) is 17.2. The number of benzene rings is 2. The molecule has 0 unspecified atom stereocenters. The van der Waals surface area contributed by atoms with Gasteiger partial charge < -0.3 is 34.4 Å². The summed E-state index contributed by atoms with van der Waals surface area (Å²) in [6.45, 7) is 3.69. The SMILES string of the molecule is CC(C)C(=O)NCCNC(=O)c1nc2ccccc2nc1OC(=O)OCc1ccc(OP(O)O)cc1. The summed E-state index contributed by atoms with van der Waals surface area (Å²) < 4.78 is 15.1. The van der Waals surface area contributed by atoms with Crippen LogP contribution in [-0.4, -0.2) is 50.8 Å². The van der Waals surface area contributed by atoms with Crippen LogP contribution in [0.2, 0.25) is 0 Å². The Labute approximate surface area is 207 Å². The van der Waals surface area contributed by atoms with Crippen LogP contribution in [0.3, 0.4) is 0 Å². The average molecular weight is 516 g/mol. The molecule has 0 saturated heterocycles. The number of hydrogen-bond acceptors (Lipinski definition) is 10. The normalized spacial score (nSPS) is 10.8. The molecule has 4 N–H and O–H groups in total. The Kier molecular flexibility index (Phi) is 9.46. The van der Waals surface area contributed by atoms with Crippen molar-refractivity contribution in [2.24, 2.45) is 5.92 Å². The molecule has 0 radical (unpaired) electrons. The van der Waals surface area contributed by atoms with Crippen molar-refractivity contribution in [1.29, 1.82) is 0 Å². The Bertz CT molecular complexity index is 1220. The second-order valence-electron chi connectivity index (χ2n) is 7.70. The molecule has 0 atom stereocenters. The highest BCUT2D eigenvalue weighted by atomic mass is 31.2. The lowest BCUT2D eigenvalue weighted by molar-refractivity contribution is -0.123. The van der Waals surface area contributed by atoms with Crippen LogP contribution in [0.5, 0.6) is 11.6 Å². The van der Waals surface area contributed by atoms with E-state index >= 15 is 0 Å². The molecule has 0 fully saturated rings. The van der Waals surface area contributed by atoms with Crippen molar-refractivity contribution >= 4 is 37.6 Å². The summed E-state index contributed by atoms with van der Waals surface area (Å²) >= 11 is 0. The van der Waals surface area contributed by atoms with Gasteiger partial charge in [-0.2, -0.15) is 0 Å². The van der Waals surface area contributed by atoms with Crippen LogP contribution in [0.15, 0.2) is 48.5 Å². The third-order valence-electron chi connectivity index (χ3n) is 4.63. The lowest BCUT2D eigenvalue weighted by Gasteiger charge is -2.12. The van der Waals surface area contributed by atoms with E-state index < -0.39 is 20.7 Å². The first-order valence-electron chi connectivity index (χ1n) is 10.8. The molecular formula is C23H25N4O8P. The number of amides is 2. The lowest BCUT2D eigenvalue weighted by atomic mass is 10.2. The largest absolute Gasteiger partial charge is 0.515 e. The standard InChI is InChI=1S/C23H25N4O8P/c1-14(2)20(28)24-11-12-25-21(29)19-22(27-18-6-4-3-5-17(18)26-19)34-23(30)33-13-15-7-9-16(10-8-15)35-36(31)32/h3-10,14,31-32H,11-13H2,1-2H3,(H,24,28)(H,25,29). The van der Waals surface area contributed by atoms with Crippen LogP contribution < -0.4 is 19.9 Å². The van der Waals surface area contributed by atoms with Gasteiger partial charge >= 0.3 is 14.8 Å². The molecule has 0 aliphatic carbocycles. The van der Waals surface area contributed by atoms with Gasteiger partial charge in [-0.15, -0.1) is 0 Å². The van der Waals surface area contributed by atoms with Gasteiger partial charge in [0.2, 0.25) is 5.91 Å². The maximum atomic E-state index is 12.8. The molecule has 190 valence electrons. The van der Waals surface area contributed by atoms with E-state index in [2.05, 4.69) is 20.6 Å². The van der Waals surface area contributed by atoms with Crippen molar-refractivity contribution in [3.8, 4) is 11.6 Å². The van der Waals surface area contributed by atoms with Crippen LogP contribution in [0.1, 0.15) is 29.9 Å². The molecular weight excluding hydrogens is 491 g/mol. The number of rotatable bonds is 10. The summed E-state index contributed by atoms with van der Waals surface area (Å²) in [5.74, 6) is -1.05. The van der Waals surface area contributed by atoms with Crippen LogP contribution >= 0.6 is 8.60 Å². The van der Waals surface area contributed by atoms with Gasteiger partial charge in [0.05, 0.1) is 11.0 Å². The van der Waals surface area contributed by atoms with Crippen molar-refractivity contribution in [1.82, 2.24) is 20.6 Å². The molecule has 0 aliphatic rings. The predicted molar refractivity (Wildman–Crippen MR) is 129 cm³/mol. The number of nitrogens with zero attached hydrogens (tertiary/aromatic N) is 2. The van der Waals surface area contributed by atoms with Gasteiger partial charge in [-0.1, -0.05) is 38.1 Å². The van der Waals surface area contributed by atoms with E-state index in [1.807, 2.05) is 0 Å². The molecule has 1 aromatic heterocycles. The minimum absolute atomic E-state index is 0.129. The fourth-order valence-electron chi connectivity index (χ4n) is 2.84. The molecule has 12 nitrogen and oxygen atoms in total. The van der Waals surface area contributed by atoms with Crippen molar-refractivity contribution < 1.29 is 38.2 Å². The highest BCUT2D eigenvalue weighted by molar-refractivity contribution is 7.39. The van der Waals surface area contributed by atoms with E-state index in [0.29, 0.717) is 16.6 Å². The molecule has 3 aromatic rings. The van der Waals surface area contributed by atoms with Gasteiger partial charge in [-0.25, -0.2) is 14.8 Å². The zero-order valence-corrected chi connectivity index (χ0v) is 20.4. The molecule has 0 saturated carbocycles. The minimum Gasteiger partial charge on any atom is -0.429 e. The van der Waals surface area contributed by atoms with Gasteiger partial charge in [0.15, 0.2) is 5.69 Å². The minimum atomic E-state index is -2.53. The summed E-state index contributed by atoms with van der Waals surface area (Å²) in [6, 6.07) is 12.8. The smallest absolute Gasteiger partial charge is 0.429 e. The van der Waals surface area contributed by atoms with E-state index in [1.54, 1.807) is 50.2 Å². The summed E-state index contributed by atoms with van der Waals surface area (Å²) in [5.41, 5.74) is 1.19. The monoisotopic (exact) mass is 516 g/mol. The van der Waals surface area contributed by atoms with Gasteiger partial charge in [0, 0.05) is 19.0 Å². The van der Waals surface area contributed by atoms with E-state index in [4.69, 9.17) is 23.8 Å². The fraction of sp³-hybridized carbons (Fsp3) is 0.261. The Hall–Kier alpha value is -3.86. The quantitative estimate of drug-likeness (QED) is 0.178. The summed E-state index contributed by atoms with van der Waals surface area (Å²) in [6.07, 6.45) is -1.10. The third kappa shape index (κ3) is 7.84. The molecule has 13 heteroatoms. The highest BCUT2D eigenvalue weighted by Gasteiger charge is 2.21. The maximum absolute atomic E-state index is 12.8. The Morgan fingerprint density at radius 3 is 2.22 bits per heavy atom.